The molecule has 114 valence electrons. The second-order valence-corrected chi connectivity index (χ2v) is 6.21. The maximum Gasteiger partial charge on any atom is 0.230 e. The van der Waals surface area contributed by atoms with Crippen LogP contribution >= 0.6 is 0 Å². The van der Waals surface area contributed by atoms with Crippen LogP contribution in [0.25, 0.3) is 0 Å². The van der Waals surface area contributed by atoms with Crippen molar-refractivity contribution in [2.24, 2.45) is 0 Å². The van der Waals surface area contributed by atoms with Crippen LogP contribution in [-0.4, -0.2) is 36.8 Å². The van der Waals surface area contributed by atoms with Crippen LogP contribution in [0.5, 0.6) is 0 Å². The van der Waals surface area contributed by atoms with E-state index in [0.717, 1.165) is 24.2 Å². The Hall–Kier alpha value is -1.62. The molecule has 1 N–H and O–H groups in total. The standard InChI is InChI=1S/C16H21FN2O2/c1-18-8-9-19(13-5-4-12(17)10-14(13)18)15(20)11-16(21)6-2-3-7-16/h4-5,10,21H,2-3,6-9,11H2,1H3. The number of fused-ring (bicyclic) bond motifs is 1. The highest BCUT2D eigenvalue weighted by molar-refractivity contribution is 5.98. The highest BCUT2D eigenvalue weighted by Crippen LogP contribution is 2.36. The Balaban J connectivity index is 1.83. The monoisotopic (exact) mass is 292 g/mol. The van der Waals surface area contributed by atoms with E-state index in [9.17, 15) is 14.3 Å². The molecular weight excluding hydrogens is 271 g/mol. The molecule has 0 saturated heterocycles. The first kappa shape index (κ1) is 14.3. The summed E-state index contributed by atoms with van der Waals surface area (Å²) in [5.74, 6) is -0.371. The summed E-state index contributed by atoms with van der Waals surface area (Å²) in [7, 11) is 1.89. The maximum absolute atomic E-state index is 13.4. The van der Waals surface area contributed by atoms with Crippen molar-refractivity contribution in [1.29, 1.82) is 0 Å². The number of carbonyl (C=O) groups is 1. The minimum absolute atomic E-state index is 0.0691. The molecule has 21 heavy (non-hydrogen) atoms. The maximum atomic E-state index is 13.4. The molecule has 0 aromatic heterocycles. The third-order valence-corrected chi connectivity index (χ3v) is 4.61. The van der Waals surface area contributed by atoms with E-state index in [4.69, 9.17) is 0 Å². The number of anilines is 2. The van der Waals surface area contributed by atoms with Gasteiger partial charge in [-0.25, -0.2) is 4.39 Å². The van der Waals surface area contributed by atoms with Crippen molar-refractivity contribution in [3.05, 3.63) is 24.0 Å². The van der Waals surface area contributed by atoms with Crippen LogP contribution < -0.4 is 9.80 Å². The molecule has 1 heterocycles. The predicted molar refractivity (Wildman–Crippen MR) is 80.1 cm³/mol. The Kier molecular flexibility index (Phi) is 3.61. The number of hydrogen-bond acceptors (Lipinski definition) is 3. The van der Waals surface area contributed by atoms with Crippen molar-refractivity contribution in [3.8, 4) is 0 Å². The van der Waals surface area contributed by atoms with E-state index in [1.54, 1.807) is 11.0 Å². The average molecular weight is 292 g/mol. The molecule has 5 heteroatoms. The van der Waals surface area contributed by atoms with Gasteiger partial charge in [-0.3, -0.25) is 4.79 Å². The zero-order valence-electron chi connectivity index (χ0n) is 12.3. The number of carbonyl (C=O) groups excluding carboxylic acids is 1. The predicted octanol–water partition coefficient (Wildman–Crippen LogP) is 2.30. The number of benzene rings is 1. The molecule has 4 nitrogen and oxygen atoms in total. The summed E-state index contributed by atoms with van der Waals surface area (Å²) in [5.41, 5.74) is 0.616. The van der Waals surface area contributed by atoms with Gasteiger partial charge in [-0.15, -0.1) is 0 Å². The minimum atomic E-state index is -0.847. The van der Waals surface area contributed by atoms with Crippen LogP contribution in [0.15, 0.2) is 18.2 Å². The highest BCUT2D eigenvalue weighted by Gasteiger charge is 2.36. The van der Waals surface area contributed by atoms with Crippen LogP contribution in [0.2, 0.25) is 0 Å². The molecule has 1 aliphatic heterocycles. The second kappa shape index (κ2) is 5.30. The van der Waals surface area contributed by atoms with Crippen molar-refractivity contribution in [2.45, 2.75) is 37.7 Å². The second-order valence-electron chi connectivity index (χ2n) is 6.21. The average Bonchev–Trinajstić information content (AvgIpc) is 2.86. The molecule has 0 unspecified atom stereocenters. The first-order valence-electron chi connectivity index (χ1n) is 7.52. The highest BCUT2D eigenvalue weighted by atomic mass is 19.1. The molecule has 1 aromatic rings. The SMILES string of the molecule is CN1CCN(C(=O)CC2(O)CCCC2)c2ccc(F)cc21. The molecule has 1 aliphatic carbocycles. The largest absolute Gasteiger partial charge is 0.389 e. The molecule has 1 aromatic carbocycles. The Morgan fingerprint density at radius 2 is 2.00 bits per heavy atom. The van der Waals surface area contributed by atoms with E-state index < -0.39 is 5.60 Å². The smallest absolute Gasteiger partial charge is 0.230 e. The lowest BCUT2D eigenvalue weighted by atomic mass is 9.96. The van der Waals surface area contributed by atoms with Crippen LogP contribution in [0.1, 0.15) is 32.1 Å². The molecule has 0 bridgehead atoms. The number of rotatable bonds is 2. The van der Waals surface area contributed by atoms with Gasteiger partial charge in [0, 0.05) is 20.1 Å². The van der Waals surface area contributed by atoms with Crippen molar-refractivity contribution >= 4 is 17.3 Å². The summed E-state index contributed by atoms with van der Waals surface area (Å²) < 4.78 is 13.4. The number of hydrogen-bond donors (Lipinski definition) is 1. The fourth-order valence-corrected chi connectivity index (χ4v) is 3.37. The van der Waals surface area contributed by atoms with E-state index in [1.165, 1.54) is 12.1 Å². The molecule has 2 aliphatic rings. The van der Waals surface area contributed by atoms with E-state index in [2.05, 4.69) is 0 Å². The topological polar surface area (TPSA) is 43.8 Å². The number of aliphatic hydroxyl groups is 1. The summed E-state index contributed by atoms with van der Waals surface area (Å²) in [4.78, 5) is 16.2. The normalized spacial score (nSPS) is 20.5. The van der Waals surface area contributed by atoms with Crippen molar-refractivity contribution < 1.29 is 14.3 Å². The summed E-state index contributed by atoms with van der Waals surface area (Å²) in [5, 5.41) is 10.4. The minimum Gasteiger partial charge on any atom is -0.389 e. The lowest BCUT2D eigenvalue weighted by Crippen LogP contribution is -2.45. The number of amides is 1. The van der Waals surface area contributed by atoms with E-state index in [0.29, 0.717) is 25.9 Å². The molecule has 0 radical (unpaired) electrons. The lowest BCUT2D eigenvalue weighted by molar-refractivity contribution is -0.123. The molecular formula is C16H21FN2O2. The first-order chi connectivity index (χ1) is 9.98. The van der Waals surface area contributed by atoms with E-state index >= 15 is 0 Å². The summed E-state index contributed by atoms with van der Waals surface area (Å²) in [6.45, 7) is 1.24. The van der Waals surface area contributed by atoms with Gasteiger partial charge in [0.2, 0.25) is 5.91 Å². The zero-order chi connectivity index (χ0) is 15.0. The van der Waals surface area contributed by atoms with Gasteiger partial charge < -0.3 is 14.9 Å². The molecule has 0 spiro atoms. The number of nitrogens with zero attached hydrogens (tertiary/aromatic N) is 2. The van der Waals surface area contributed by atoms with Gasteiger partial charge in [0.25, 0.3) is 0 Å². The fraction of sp³-hybridized carbons (Fsp3) is 0.562. The van der Waals surface area contributed by atoms with Crippen LogP contribution in [0.3, 0.4) is 0 Å². The number of halogens is 1. The summed E-state index contributed by atoms with van der Waals surface area (Å²) in [6, 6.07) is 4.48. The van der Waals surface area contributed by atoms with Crippen molar-refractivity contribution in [1.82, 2.24) is 0 Å². The Morgan fingerprint density at radius 3 is 2.71 bits per heavy atom. The van der Waals surface area contributed by atoms with E-state index in [1.807, 2.05) is 11.9 Å². The lowest BCUT2D eigenvalue weighted by Gasteiger charge is -2.37. The van der Waals surface area contributed by atoms with Crippen molar-refractivity contribution in [2.75, 3.05) is 29.9 Å². The summed E-state index contributed by atoms with van der Waals surface area (Å²) >= 11 is 0. The molecule has 0 atom stereocenters. The van der Waals surface area contributed by atoms with Gasteiger partial charge in [-0.2, -0.15) is 0 Å². The van der Waals surface area contributed by atoms with Crippen LogP contribution in [0, 0.1) is 5.82 Å². The van der Waals surface area contributed by atoms with Crippen LogP contribution in [0.4, 0.5) is 15.8 Å². The Morgan fingerprint density at radius 1 is 1.29 bits per heavy atom. The van der Waals surface area contributed by atoms with Gasteiger partial charge in [0.05, 0.1) is 23.4 Å². The van der Waals surface area contributed by atoms with Gasteiger partial charge >= 0.3 is 0 Å². The first-order valence-corrected chi connectivity index (χ1v) is 7.52. The molecule has 1 amide bonds. The van der Waals surface area contributed by atoms with Crippen LogP contribution in [-0.2, 0) is 4.79 Å². The van der Waals surface area contributed by atoms with Crippen molar-refractivity contribution in [3.63, 3.8) is 0 Å². The Labute approximate surface area is 124 Å². The van der Waals surface area contributed by atoms with Gasteiger partial charge in [0.15, 0.2) is 0 Å². The Bertz CT molecular complexity index is 555. The fourth-order valence-electron chi connectivity index (χ4n) is 3.37. The molecule has 3 rings (SSSR count). The van der Waals surface area contributed by atoms with E-state index in [-0.39, 0.29) is 18.1 Å². The molecule has 1 saturated carbocycles. The third-order valence-electron chi connectivity index (χ3n) is 4.61. The van der Waals surface area contributed by atoms with Gasteiger partial charge in [-0.05, 0) is 31.0 Å². The third kappa shape index (κ3) is 2.75. The summed E-state index contributed by atoms with van der Waals surface area (Å²) in [6.07, 6.45) is 3.52. The molecule has 1 fully saturated rings. The van der Waals surface area contributed by atoms with Gasteiger partial charge in [0.1, 0.15) is 5.82 Å². The zero-order valence-corrected chi connectivity index (χ0v) is 12.3. The number of likely N-dealkylation sites (N-methyl/N-ethyl adjacent to an activating group) is 1. The van der Waals surface area contributed by atoms with Gasteiger partial charge in [-0.1, -0.05) is 12.8 Å². The quantitative estimate of drug-likeness (QED) is 0.909.